The molecule has 0 aliphatic rings. The van der Waals surface area contributed by atoms with E-state index in [0.717, 1.165) is 27.9 Å². The predicted molar refractivity (Wildman–Crippen MR) is 74.7 cm³/mol. The van der Waals surface area contributed by atoms with Gasteiger partial charge >= 0.3 is 0 Å². The van der Waals surface area contributed by atoms with Gasteiger partial charge in [0.05, 0.1) is 9.26 Å². The number of hydrogen-bond acceptors (Lipinski definition) is 2. The van der Waals surface area contributed by atoms with Crippen molar-refractivity contribution in [1.82, 2.24) is 9.97 Å². The second kappa shape index (κ2) is 5.80. The molecule has 0 atom stereocenters. The van der Waals surface area contributed by atoms with Crippen LogP contribution in [-0.2, 0) is 12.8 Å². The summed E-state index contributed by atoms with van der Waals surface area (Å²) < 4.78 is 0.735. The van der Waals surface area contributed by atoms with E-state index in [9.17, 15) is 4.79 Å². The maximum atomic E-state index is 11.7. The Hall–Kier alpha value is -0.390. The van der Waals surface area contributed by atoms with Gasteiger partial charge in [-0.05, 0) is 40.8 Å². The number of aromatic amines is 1. The van der Waals surface area contributed by atoms with Gasteiger partial charge in [-0.2, -0.15) is 0 Å². The molecule has 0 aliphatic heterocycles. The van der Waals surface area contributed by atoms with Gasteiger partial charge in [-0.15, -0.1) is 0 Å². The van der Waals surface area contributed by atoms with Gasteiger partial charge < -0.3 is 4.98 Å². The summed E-state index contributed by atoms with van der Waals surface area (Å²) in [6.07, 6.45) is 1.70. The van der Waals surface area contributed by atoms with Gasteiger partial charge in [-0.3, -0.25) is 4.79 Å². The lowest BCUT2D eigenvalue weighted by atomic mass is 10.1. The molecule has 1 heterocycles. The number of H-pyrrole nitrogens is 1. The molecule has 1 aromatic rings. The zero-order valence-corrected chi connectivity index (χ0v) is 12.5. The quantitative estimate of drug-likeness (QED) is 0.861. The summed E-state index contributed by atoms with van der Waals surface area (Å²) in [4.78, 5) is 19.1. The Labute approximate surface area is 110 Å². The Balaban J connectivity index is 3.07. The van der Waals surface area contributed by atoms with Crippen molar-refractivity contribution >= 4 is 22.6 Å². The second-order valence-electron chi connectivity index (χ2n) is 4.97. The van der Waals surface area contributed by atoms with Gasteiger partial charge in [0.25, 0.3) is 5.56 Å². The van der Waals surface area contributed by atoms with Crippen LogP contribution in [0.15, 0.2) is 4.79 Å². The van der Waals surface area contributed by atoms with E-state index in [1.807, 2.05) is 0 Å². The summed E-state index contributed by atoms with van der Waals surface area (Å²) in [5.74, 6) is 1.85. The van der Waals surface area contributed by atoms with E-state index in [1.54, 1.807) is 0 Å². The number of halogens is 1. The summed E-state index contributed by atoms with van der Waals surface area (Å²) in [5, 5.41) is 0. The fourth-order valence-corrected chi connectivity index (χ4v) is 2.04. The van der Waals surface area contributed by atoms with Crippen LogP contribution in [0.2, 0.25) is 0 Å². The van der Waals surface area contributed by atoms with Crippen molar-refractivity contribution in [2.75, 3.05) is 0 Å². The first kappa shape index (κ1) is 13.7. The van der Waals surface area contributed by atoms with Gasteiger partial charge in [0.1, 0.15) is 5.82 Å². The molecule has 0 radical (unpaired) electrons. The Morgan fingerprint density at radius 2 is 1.75 bits per heavy atom. The third kappa shape index (κ3) is 3.88. The Kier molecular flexibility index (Phi) is 4.95. The molecule has 1 aromatic heterocycles. The normalized spacial score (nSPS) is 11.4. The topological polar surface area (TPSA) is 45.8 Å². The molecule has 16 heavy (non-hydrogen) atoms. The van der Waals surface area contributed by atoms with Crippen molar-refractivity contribution in [2.45, 2.75) is 40.5 Å². The van der Waals surface area contributed by atoms with Crippen molar-refractivity contribution in [3.63, 3.8) is 0 Å². The van der Waals surface area contributed by atoms with Crippen molar-refractivity contribution in [2.24, 2.45) is 11.8 Å². The third-order valence-electron chi connectivity index (χ3n) is 2.18. The summed E-state index contributed by atoms with van der Waals surface area (Å²) in [7, 11) is 0. The lowest BCUT2D eigenvalue weighted by Crippen LogP contribution is -2.20. The molecule has 0 spiro atoms. The molecule has 3 nitrogen and oxygen atoms in total. The molecule has 1 N–H and O–H groups in total. The molecule has 0 unspecified atom stereocenters. The van der Waals surface area contributed by atoms with Crippen LogP contribution >= 0.6 is 22.6 Å². The number of nitrogens with one attached hydrogen (secondary N) is 1. The van der Waals surface area contributed by atoms with Gasteiger partial charge in [0, 0.05) is 6.42 Å². The number of rotatable bonds is 4. The van der Waals surface area contributed by atoms with E-state index in [0.29, 0.717) is 11.8 Å². The second-order valence-corrected chi connectivity index (χ2v) is 6.05. The number of hydrogen-bond donors (Lipinski definition) is 1. The van der Waals surface area contributed by atoms with E-state index >= 15 is 0 Å². The predicted octanol–water partition coefficient (Wildman–Crippen LogP) is 2.77. The first-order valence-corrected chi connectivity index (χ1v) is 6.75. The first-order chi connectivity index (χ1) is 7.40. The molecule has 0 amide bonds. The van der Waals surface area contributed by atoms with Crippen molar-refractivity contribution in [3.8, 4) is 0 Å². The largest absolute Gasteiger partial charge is 0.310 e. The average Bonchev–Trinajstić information content (AvgIpc) is 2.11. The van der Waals surface area contributed by atoms with Gasteiger partial charge in [-0.1, -0.05) is 27.7 Å². The maximum absolute atomic E-state index is 11.7. The van der Waals surface area contributed by atoms with E-state index in [1.165, 1.54) is 0 Å². The smallest absolute Gasteiger partial charge is 0.264 e. The average molecular weight is 334 g/mol. The molecule has 0 bridgehead atoms. The Bertz CT molecular complexity index is 410. The lowest BCUT2D eigenvalue weighted by molar-refractivity contribution is 0.596. The van der Waals surface area contributed by atoms with Crippen LogP contribution in [0.5, 0.6) is 0 Å². The lowest BCUT2D eigenvalue weighted by Gasteiger charge is -2.09. The molecule has 0 fully saturated rings. The van der Waals surface area contributed by atoms with Crippen molar-refractivity contribution < 1.29 is 0 Å². The minimum absolute atomic E-state index is 0.00176. The van der Waals surface area contributed by atoms with Gasteiger partial charge in [0.2, 0.25) is 0 Å². The van der Waals surface area contributed by atoms with Crippen molar-refractivity contribution in [1.29, 1.82) is 0 Å². The first-order valence-electron chi connectivity index (χ1n) is 5.67. The highest BCUT2D eigenvalue weighted by atomic mass is 127. The minimum Gasteiger partial charge on any atom is -0.310 e. The van der Waals surface area contributed by atoms with Crippen LogP contribution < -0.4 is 5.56 Å². The molecule has 4 heteroatoms. The monoisotopic (exact) mass is 334 g/mol. The van der Waals surface area contributed by atoms with E-state index in [2.05, 4.69) is 60.3 Å². The molecular weight excluding hydrogens is 315 g/mol. The molecule has 1 rings (SSSR count). The zero-order chi connectivity index (χ0) is 12.3. The van der Waals surface area contributed by atoms with Crippen LogP contribution in [-0.4, -0.2) is 9.97 Å². The van der Waals surface area contributed by atoms with Crippen LogP contribution in [0.25, 0.3) is 0 Å². The molecule has 0 saturated heterocycles. The summed E-state index contributed by atoms with van der Waals surface area (Å²) in [6, 6.07) is 0. The molecule has 90 valence electrons. The zero-order valence-electron chi connectivity index (χ0n) is 10.3. The number of aromatic nitrogens is 2. The van der Waals surface area contributed by atoms with Gasteiger partial charge in [-0.25, -0.2) is 4.98 Å². The Morgan fingerprint density at radius 3 is 2.25 bits per heavy atom. The Morgan fingerprint density at radius 1 is 1.19 bits per heavy atom. The fourth-order valence-electron chi connectivity index (χ4n) is 1.56. The standard InChI is InChI=1S/C12H19IN2O/c1-7(2)5-9-11(13)12(16)15-10(14-9)6-8(3)4/h7-8H,5-6H2,1-4H3,(H,14,15,16). The number of nitrogens with zero attached hydrogens (tertiary/aromatic N) is 1. The fraction of sp³-hybridized carbons (Fsp3) is 0.667. The van der Waals surface area contributed by atoms with Crippen LogP contribution in [0.1, 0.15) is 39.2 Å². The molecule has 0 aliphatic carbocycles. The highest BCUT2D eigenvalue weighted by molar-refractivity contribution is 14.1. The highest BCUT2D eigenvalue weighted by Crippen LogP contribution is 2.11. The molecular formula is C12H19IN2O. The van der Waals surface area contributed by atoms with Crippen LogP contribution in [0.4, 0.5) is 0 Å². The van der Waals surface area contributed by atoms with Crippen LogP contribution in [0, 0.1) is 15.4 Å². The SMILES string of the molecule is CC(C)Cc1nc(CC(C)C)c(I)c(=O)[nH]1. The van der Waals surface area contributed by atoms with Crippen LogP contribution in [0.3, 0.4) is 0 Å². The maximum Gasteiger partial charge on any atom is 0.264 e. The molecule has 0 saturated carbocycles. The minimum atomic E-state index is 0.00176. The highest BCUT2D eigenvalue weighted by Gasteiger charge is 2.11. The molecule has 0 aromatic carbocycles. The summed E-state index contributed by atoms with van der Waals surface area (Å²) in [6.45, 7) is 8.53. The van der Waals surface area contributed by atoms with E-state index in [4.69, 9.17) is 0 Å². The summed E-state index contributed by atoms with van der Waals surface area (Å²) >= 11 is 2.08. The van der Waals surface area contributed by atoms with Gasteiger partial charge in [0.15, 0.2) is 0 Å². The van der Waals surface area contributed by atoms with E-state index in [-0.39, 0.29) is 5.56 Å². The summed E-state index contributed by atoms with van der Waals surface area (Å²) in [5.41, 5.74) is 0.942. The van der Waals surface area contributed by atoms with E-state index < -0.39 is 0 Å². The van der Waals surface area contributed by atoms with Crippen molar-refractivity contribution in [3.05, 3.63) is 25.4 Å². The third-order valence-corrected chi connectivity index (χ3v) is 3.30.